The first-order chi connectivity index (χ1) is 11.9. The van der Waals surface area contributed by atoms with Crippen molar-refractivity contribution in [3.05, 3.63) is 23.8 Å². The fourth-order valence-corrected chi connectivity index (χ4v) is 3.55. The van der Waals surface area contributed by atoms with Crippen molar-refractivity contribution in [1.29, 1.82) is 0 Å². The predicted molar refractivity (Wildman–Crippen MR) is 96.8 cm³/mol. The molecular formula is C17H26N2O6S. The summed E-state index contributed by atoms with van der Waals surface area (Å²) in [6, 6.07) is 3.78. The number of hydrogen-bond acceptors (Lipinski definition) is 5. The molecule has 0 bridgehead atoms. The maximum Gasteiger partial charge on any atom is 0.309 e. The van der Waals surface area contributed by atoms with Crippen molar-refractivity contribution in [3.8, 4) is 5.75 Å². The minimum absolute atomic E-state index is 0.127. The number of aliphatic carboxylic acids is 1. The minimum atomic E-state index is -3.85. The molecule has 0 fully saturated rings. The van der Waals surface area contributed by atoms with Gasteiger partial charge in [-0.2, -0.15) is 0 Å². The topological polar surface area (TPSA) is 122 Å². The molecule has 1 amide bonds. The second-order valence-corrected chi connectivity index (χ2v) is 8.52. The van der Waals surface area contributed by atoms with Gasteiger partial charge in [-0.05, 0) is 52.3 Å². The van der Waals surface area contributed by atoms with Crippen molar-refractivity contribution in [3.63, 3.8) is 0 Å². The number of carboxylic acids is 1. The van der Waals surface area contributed by atoms with Crippen molar-refractivity contribution >= 4 is 21.9 Å². The number of sulfonamides is 1. The highest BCUT2D eigenvalue weighted by atomic mass is 32.2. The van der Waals surface area contributed by atoms with Crippen molar-refractivity contribution in [2.24, 2.45) is 5.41 Å². The summed E-state index contributed by atoms with van der Waals surface area (Å²) in [5, 5.41) is 11.7. The van der Waals surface area contributed by atoms with Crippen LogP contribution in [0, 0.1) is 5.41 Å². The number of carbonyl (C=O) groups is 2. The summed E-state index contributed by atoms with van der Waals surface area (Å²) in [4.78, 5) is 23.2. The fourth-order valence-electron chi connectivity index (χ4n) is 2.10. The highest BCUT2D eigenvalue weighted by molar-refractivity contribution is 7.89. The summed E-state index contributed by atoms with van der Waals surface area (Å²) < 4.78 is 32.4. The Balaban J connectivity index is 2.99. The van der Waals surface area contributed by atoms with Crippen molar-refractivity contribution in [2.45, 2.75) is 45.1 Å². The van der Waals surface area contributed by atoms with E-state index in [2.05, 4.69) is 10.0 Å². The molecule has 0 aromatic heterocycles. The average molecular weight is 386 g/mol. The molecule has 0 aliphatic carbocycles. The highest BCUT2D eigenvalue weighted by Crippen LogP contribution is 2.25. The van der Waals surface area contributed by atoms with Gasteiger partial charge in [-0.25, -0.2) is 13.1 Å². The number of carboxylic acid groups (broad SMARTS) is 1. The van der Waals surface area contributed by atoms with Gasteiger partial charge >= 0.3 is 5.97 Å². The normalized spacial score (nSPS) is 12.1. The van der Waals surface area contributed by atoms with E-state index in [-0.39, 0.29) is 35.2 Å². The van der Waals surface area contributed by atoms with E-state index in [1.807, 2.05) is 0 Å². The Morgan fingerprint density at radius 1 is 1.27 bits per heavy atom. The molecule has 9 heteroatoms. The quantitative estimate of drug-likeness (QED) is 0.593. The van der Waals surface area contributed by atoms with Gasteiger partial charge in [-0.3, -0.25) is 9.59 Å². The number of rotatable bonds is 9. The van der Waals surface area contributed by atoms with E-state index in [1.165, 1.54) is 25.3 Å². The zero-order chi connectivity index (χ0) is 20.1. The lowest BCUT2D eigenvalue weighted by Gasteiger charge is -2.19. The summed E-state index contributed by atoms with van der Waals surface area (Å²) in [5.74, 6) is -1.32. The first-order valence-electron chi connectivity index (χ1n) is 8.12. The maximum atomic E-state index is 12.4. The molecule has 1 aromatic carbocycles. The Hall–Kier alpha value is -2.13. The fraction of sp³-hybridized carbons (Fsp3) is 0.529. The van der Waals surface area contributed by atoms with Gasteiger partial charge in [0, 0.05) is 18.2 Å². The third-order valence-corrected chi connectivity index (χ3v) is 5.40. The SMILES string of the molecule is COc1ccc(C(=O)NCCC(C)(C)C(=O)O)cc1S(=O)(=O)NC(C)C. The van der Waals surface area contributed by atoms with Crippen LogP contribution in [0.3, 0.4) is 0 Å². The largest absolute Gasteiger partial charge is 0.495 e. The number of hydrogen-bond donors (Lipinski definition) is 3. The number of ether oxygens (including phenoxy) is 1. The Morgan fingerprint density at radius 2 is 1.88 bits per heavy atom. The Labute approximate surface area is 154 Å². The lowest BCUT2D eigenvalue weighted by Crippen LogP contribution is -2.32. The highest BCUT2D eigenvalue weighted by Gasteiger charge is 2.27. The molecule has 1 rings (SSSR count). The summed E-state index contributed by atoms with van der Waals surface area (Å²) in [6.45, 7) is 6.65. The first kappa shape index (κ1) is 21.9. The lowest BCUT2D eigenvalue weighted by atomic mass is 9.90. The van der Waals surface area contributed by atoms with Crippen LogP contribution in [0.5, 0.6) is 5.75 Å². The lowest BCUT2D eigenvalue weighted by molar-refractivity contribution is -0.147. The molecule has 0 saturated heterocycles. The Bertz CT molecular complexity index is 771. The van der Waals surface area contributed by atoms with E-state index in [4.69, 9.17) is 9.84 Å². The number of carbonyl (C=O) groups excluding carboxylic acids is 1. The van der Waals surface area contributed by atoms with Crippen LogP contribution in [0.4, 0.5) is 0 Å². The van der Waals surface area contributed by atoms with Gasteiger partial charge in [-0.1, -0.05) is 0 Å². The molecule has 0 atom stereocenters. The maximum absolute atomic E-state index is 12.4. The van der Waals surface area contributed by atoms with Crippen LogP contribution in [0.1, 0.15) is 44.5 Å². The van der Waals surface area contributed by atoms with Crippen LogP contribution >= 0.6 is 0 Å². The summed E-state index contributed by atoms with van der Waals surface area (Å²) in [5.41, 5.74) is -0.828. The van der Waals surface area contributed by atoms with E-state index in [0.29, 0.717) is 0 Å². The monoisotopic (exact) mass is 386 g/mol. The molecule has 3 N–H and O–H groups in total. The van der Waals surface area contributed by atoms with E-state index < -0.39 is 27.3 Å². The number of methoxy groups -OCH3 is 1. The molecule has 0 unspecified atom stereocenters. The van der Waals surface area contributed by atoms with Gasteiger partial charge in [0.05, 0.1) is 12.5 Å². The zero-order valence-electron chi connectivity index (χ0n) is 15.6. The molecule has 0 radical (unpaired) electrons. The second-order valence-electron chi connectivity index (χ2n) is 6.84. The molecule has 0 aliphatic rings. The van der Waals surface area contributed by atoms with Gasteiger partial charge in [0.1, 0.15) is 10.6 Å². The van der Waals surface area contributed by atoms with Crippen LogP contribution in [0.15, 0.2) is 23.1 Å². The second kappa shape index (κ2) is 8.50. The van der Waals surface area contributed by atoms with Crippen LogP contribution in [0.25, 0.3) is 0 Å². The molecule has 0 heterocycles. The third-order valence-electron chi connectivity index (χ3n) is 3.72. The smallest absolute Gasteiger partial charge is 0.309 e. The van der Waals surface area contributed by atoms with Gasteiger partial charge < -0.3 is 15.2 Å². The van der Waals surface area contributed by atoms with Crippen molar-refractivity contribution in [2.75, 3.05) is 13.7 Å². The molecular weight excluding hydrogens is 360 g/mol. The number of benzene rings is 1. The van der Waals surface area contributed by atoms with Crippen LogP contribution in [-0.4, -0.2) is 45.1 Å². The van der Waals surface area contributed by atoms with Crippen LogP contribution < -0.4 is 14.8 Å². The first-order valence-corrected chi connectivity index (χ1v) is 9.61. The molecule has 8 nitrogen and oxygen atoms in total. The minimum Gasteiger partial charge on any atom is -0.495 e. The molecule has 146 valence electrons. The summed E-state index contributed by atoms with van der Waals surface area (Å²) in [7, 11) is -2.50. The predicted octanol–water partition coefficient (Wildman–Crippen LogP) is 1.61. The van der Waals surface area contributed by atoms with Crippen LogP contribution in [0.2, 0.25) is 0 Å². The molecule has 0 spiro atoms. The van der Waals surface area contributed by atoms with E-state index in [1.54, 1.807) is 27.7 Å². The van der Waals surface area contributed by atoms with Crippen molar-refractivity contribution < 1.29 is 27.9 Å². The van der Waals surface area contributed by atoms with Crippen LogP contribution in [-0.2, 0) is 14.8 Å². The zero-order valence-corrected chi connectivity index (χ0v) is 16.4. The van der Waals surface area contributed by atoms with Crippen molar-refractivity contribution in [1.82, 2.24) is 10.0 Å². The van der Waals surface area contributed by atoms with Gasteiger partial charge in [0.2, 0.25) is 10.0 Å². The van der Waals surface area contributed by atoms with Gasteiger partial charge in [0.25, 0.3) is 5.91 Å². The van der Waals surface area contributed by atoms with E-state index in [0.717, 1.165) is 0 Å². The number of amides is 1. The molecule has 0 aliphatic heterocycles. The van der Waals surface area contributed by atoms with E-state index in [9.17, 15) is 18.0 Å². The Kier molecular flexibility index (Phi) is 7.16. The summed E-state index contributed by atoms with van der Waals surface area (Å²) >= 11 is 0. The molecule has 1 aromatic rings. The van der Waals surface area contributed by atoms with Gasteiger partial charge in [-0.15, -0.1) is 0 Å². The standard InChI is InChI=1S/C17H26N2O6S/c1-11(2)19-26(23,24)14-10-12(6-7-13(14)25-5)15(20)18-9-8-17(3,4)16(21)22/h6-7,10-11,19H,8-9H2,1-5H3,(H,18,20)(H,21,22). The third kappa shape index (κ3) is 5.70. The number of nitrogens with one attached hydrogen (secondary N) is 2. The average Bonchev–Trinajstić information content (AvgIpc) is 2.52. The van der Waals surface area contributed by atoms with E-state index >= 15 is 0 Å². The molecule has 0 saturated carbocycles. The molecule has 26 heavy (non-hydrogen) atoms. The van der Waals surface area contributed by atoms with Gasteiger partial charge in [0.15, 0.2) is 0 Å². The Morgan fingerprint density at radius 3 is 2.38 bits per heavy atom. The summed E-state index contributed by atoms with van der Waals surface area (Å²) in [6.07, 6.45) is 0.240.